The van der Waals surface area contributed by atoms with Gasteiger partial charge in [0.25, 0.3) is 0 Å². The van der Waals surface area contributed by atoms with Gasteiger partial charge in [-0.2, -0.15) is 0 Å². The SMILES string of the molecule is CC/C=C\C/C=C\C/C=C\C/C=C\C/C=C\CCCCCCCCCC(=O)NC(COP(=O)(O)OCC[N+](C)(C)C)C(O)/C=C/CCCC. The summed E-state index contributed by atoms with van der Waals surface area (Å²) in [5, 5.41) is 13.5. The second-order valence-corrected chi connectivity index (χ2v) is 15.0. The molecule has 0 spiro atoms. The minimum absolute atomic E-state index is 0.0536. The molecule has 3 unspecified atom stereocenters. The Kier molecular flexibility index (Phi) is 30.5. The summed E-state index contributed by atoms with van der Waals surface area (Å²) in [6.07, 6.45) is 41.7. The maximum Gasteiger partial charge on any atom is 0.472 e. The summed E-state index contributed by atoms with van der Waals surface area (Å²) in [5.74, 6) is -0.203. The van der Waals surface area contributed by atoms with Crippen LogP contribution in [0.2, 0.25) is 0 Å². The molecule has 3 N–H and O–H groups in total. The fourth-order valence-corrected chi connectivity index (χ4v) is 5.37. The van der Waals surface area contributed by atoms with Crippen LogP contribution in [0, 0.1) is 0 Å². The highest BCUT2D eigenvalue weighted by Gasteiger charge is 2.27. The standard InChI is InChI=1S/C40H71N2O6P/c1-6-8-10-12-13-14-15-16-17-18-19-20-21-22-23-24-25-26-27-28-29-30-32-34-40(44)41-38(39(43)33-31-11-9-7-2)37-48-49(45,46)47-36-35-42(3,4)5/h8,10,13-14,16-17,19-20,22-23,31,33,38-39,43H,6-7,9,11-12,15,18,21,24-30,32,34-37H2,1-5H3,(H-,41,44,45,46)/p+1/b10-8-,14-13-,17-16-,20-19-,23-22-,33-31+. The first-order valence-corrected chi connectivity index (χ1v) is 20.3. The molecule has 0 radical (unpaired) electrons. The average molecular weight is 708 g/mol. The molecule has 8 nitrogen and oxygen atoms in total. The van der Waals surface area contributed by atoms with Gasteiger partial charge in [0.15, 0.2) is 0 Å². The maximum atomic E-state index is 12.7. The lowest BCUT2D eigenvalue weighted by Gasteiger charge is -2.25. The van der Waals surface area contributed by atoms with Gasteiger partial charge < -0.3 is 19.8 Å². The molecule has 0 aliphatic rings. The molecule has 0 saturated carbocycles. The molecular formula is C40H72N2O6P+. The van der Waals surface area contributed by atoms with E-state index in [0.717, 1.165) is 83.5 Å². The number of likely N-dealkylation sites (N-methyl/N-ethyl adjacent to an activating group) is 1. The number of nitrogens with one attached hydrogen (secondary N) is 1. The first-order chi connectivity index (χ1) is 23.5. The van der Waals surface area contributed by atoms with Crippen molar-refractivity contribution in [3.63, 3.8) is 0 Å². The largest absolute Gasteiger partial charge is 0.472 e. The molecule has 0 aromatic carbocycles. The number of aliphatic hydroxyl groups excluding tert-OH is 1. The lowest BCUT2D eigenvalue weighted by molar-refractivity contribution is -0.870. The normalized spacial score (nSPS) is 15.5. The number of nitrogens with zero attached hydrogens (tertiary/aromatic N) is 1. The molecule has 0 aliphatic carbocycles. The van der Waals surface area contributed by atoms with E-state index in [1.807, 2.05) is 27.2 Å². The number of quaternary nitrogens is 1. The van der Waals surface area contributed by atoms with Gasteiger partial charge in [-0.25, -0.2) is 4.57 Å². The molecular weight excluding hydrogens is 635 g/mol. The molecule has 0 rings (SSSR count). The number of unbranched alkanes of at least 4 members (excludes halogenated alkanes) is 9. The summed E-state index contributed by atoms with van der Waals surface area (Å²) in [5.41, 5.74) is 0. The average Bonchev–Trinajstić information content (AvgIpc) is 3.04. The lowest BCUT2D eigenvalue weighted by atomic mass is 10.1. The predicted octanol–water partition coefficient (Wildman–Crippen LogP) is 9.68. The van der Waals surface area contributed by atoms with Crippen molar-refractivity contribution in [1.29, 1.82) is 0 Å². The van der Waals surface area contributed by atoms with Crippen LogP contribution in [0.1, 0.15) is 123 Å². The van der Waals surface area contributed by atoms with Crippen molar-refractivity contribution in [1.82, 2.24) is 5.32 Å². The summed E-state index contributed by atoms with van der Waals surface area (Å²) < 4.78 is 23.2. The van der Waals surface area contributed by atoms with Crippen molar-refractivity contribution in [3.05, 3.63) is 72.9 Å². The third-order valence-electron chi connectivity index (χ3n) is 7.68. The summed E-state index contributed by atoms with van der Waals surface area (Å²) in [7, 11) is 1.54. The van der Waals surface area contributed by atoms with E-state index in [1.54, 1.807) is 6.08 Å². The van der Waals surface area contributed by atoms with Crippen LogP contribution in [0.4, 0.5) is 0 Å². The van der Waals surface area contributed by atoms with Crippen LogP contribution in [0.25, 0.3) is 0 Å². The Bertz CT molecular complexity index is 1030. The third-order valence-corrected chi connectivity index (χ3v) is 8.67. The summed E-state index contributed by atoms with van der Waals surface area (Å²) in [6.45, 7) is 4.50. The minimum Gasteiger partial charge on any atom is -0.387 e. The van der Waals surface area contributed by atoms with Gasteiger partial charge in [-0.1, -0.05) is 132 Å². The van der Waals surface area contributed by atoms with Crippen LogP contribution in [-0.2, 0) is 18.4 Å². The van der Waals surface area contributed by atoms with E-state index in [2.05, 4.69) is 79.9 Å². The molecule has 0 aliphatic heterocycles. The number of hydrogen-bond acceptors (Lipinski definition) is 5. The Balaban J connectivity index is 4.17. The van der Waals surface area contributed by atoms with Gasteiger partial charge in [-0.05, 0) is 57.8 Å². The van der Waals surface area contributed by atoms with E-state index in [9.17, 15) is 19.4 Å². The van der Waals surface area contributed by atoms with Crippen molar-refractivity contribution in [2.24, 2.45) is 0 Å². The maximum absolute atomic E-state index is 12.7. The molecule has 0 aromatic rings. The number of phosphoric ester groups is 1. The van der Waals surface area contributed by atoms with Crippen LogP contribution < -0.4 is 5.32 Å². The molecule has 9 heteroatoms. The van der Waals surface area contributed by atoms with Crippen molar-refractivity contribution in [2.45, 2.75) is 135 Å². The van der Waals surface area contributed by atoms with E-state index in [1.165, 1.54) is 19.3 Å². The van der Waals surface area contributed by atoms with Gasteiger partial charge in [0.05, 0.1) is 39.9 Å². The molecule has 282 valence electrons. The molecule has 49 heavy (non-hydrogen) atoms. The van der Waals surface area contributed by atoms with Gasteiger partial charge in [-0.3, -0.25) is 13.8 Å². The Morgan fingerprint density at radius 1 is 0.714 bits per heavy atom. The lowest BCUT2D eigenvalue weighted by Crippen LogP contribution is -2.45. The highest BCUT2D eigenvalue weighted by atomic mass is 31.2. The number of carbonyl (C=O) groups excluding carboxylic acids is 1. The fraction of sp³-hybridized carbons (Fsp3) is 0.675. The molecule has 1 amide bonds. The van der Waals surface area contributed by atoms with Crippen molar-refractivity contribution < 1.29 is 32.9 Å². The van der Waals surface area contributed by atoms with E-state index in [-0.39, 0.29) is 19.1 Å². The zero-order valence-corrected chi connectivity index (χ0v) is 32.5. The van der Waals surface area contributed by atoms with E-state index >= 15 is 0 Å². The quantitative estimate of drug-likeness (QED) is 0.0278. The predicted molar refractivity (Wildman–Crippen MR) is 207 cm³/mol. The third kappa shape index (κ3) is 34.2. The smallest absolute Gasteiger partial charge is 0.387 e. The Morgan fingerprint density at radius 3 is 1.78 bits per heavy atom. The number of allylic oxidation sites excluding steroid dienone is 11. The first-order valence-electron chi connectivity index (χ1n) is 18.8. The highest BCUT2D eigenvalue weighted by Crippen LogP contribution is 2.43. The van der Waals surface area contributed by atoms with Crippen LogP contribution >= 0.6 is 7.82 Å². The molecule has 0 aromatic heterocycles. The molecule has 3 atom stereocenters. The molecule has 0 saturated heterocycles. The van der Waals surface area contributed by atoms with Crippen LogP contribution in [0.5, 0.6) is 0 Å². The van der Waals surface area contributed by atoms with Gasteiger partial charge in [0.2, 0.25) is 5.91 Å². The Morgan fingerprint density at radius 2 is 1.22 bits per heavy atom. The van der Waals surface area contributed by atoms with E-state index in [4.69, 9.17) is 9.05 Å². The first kappa shape index (κ1) is 46.9. The van der Waals surface area contributed by atoms with Crippen LogP contribution in [-0.4, -0.2) is 73.4 Å². The molecule has 0 fully saturated rings. The number of phosphoric acid groups is 1. The van der Waals surface area contributed by atoms with Crippen LogP contribution in [0.3, 0.4) is 0 Å². The molecule has 0 heterocycles. The number of rotatable bonds is 32. The monoisotopic (exact) mass is 708 g/mol. The number of carbonyl (C=O) groups is 1. The number of aliphatic hydroxyl groups is 1. The van der Waals surface area contributed by atoms with Gasteiger partial charge in [0, 0.05) is 6.42 Å². The molecule has 0 bridgehead atoms. The van der Waals surface area contributed by atoms with E-state index < -0.39 is 20.0 Å². The van der Waals surface area contributed by atoms with Gasteiger partial charge >= 0.3 is 7.82 Å². The highest BCUT2D eigenvalue weighted by molar-refractivity contribution is 7.47. The summed E-state index contributed by atoms with van der Waals surface area (Å²) >= 11 is 0. The second-order valence-electron chi connectivity index (χ2n) is 13.6. The van der Waals surface area contributed by atoms with E-state index in [0.29, 0.717) is 17.4 Å². The van der Waals surface area contributed by atoms with Crippen molar-refractivity contribution in [3.8, 4) is 0 Å². The zero-order chi connectivity index (χ0) is 36.5. The van der Waals surface area contributed by atoms with Gasteiger partial charge in [-0.15, -0.1) is 0 Å². The minimum atomic E-state index is -4.32. The summed E-state index contributed by atoms with van der Waals surface area (Å²) in [4.78, 5) is 22.8. The number of amides is 1. The Hall–Kier alpha value is -2.06. The zero-order valence-electron chi connectivity index (χ0n) is 31.6. The summed E-state index contributed by atoms with van der Waals surface area (Å²) in [6, 6.07) is -0.851. The number of hydrogen-bond donors (Lipinski definition) is 3. The van der Waals surface area contributed by atoms with Gasteiger partial charge in [0.1, 0.15) is 13.2 Å². The van der Waals surface area contributed by atoms with Crippen molar-refractivity contribution in [2.75, 3.05) is 40.9 Å². The second kappa shape index (κ2) is 31.9. The fourth-order valence-electron chi connectivity index (χ4n) is 4.64. The Labute approximate surface area is 300 Å². The topological polar surface area (TPSA) is 105 Å². The van der Waals surface area contributed by atoms with Crippen LogP contribution in [0.15, 0.2) is 72.9 Å². The van der Waals surface area contributed by atoms with Crippen molar-refractivity contribution >= 4 is 13.7 Å².